The highest BCUT2D eigenvalue weighted by Gasteiger charge is 2.18. The van der Waals surface area contributed by atoms with E-state index in [1.54, 1.807) is 0 Å². The van der Waals surface area contributed by atoms with E-state index in [0.29, 0.717) is 19.5 Å². The fourth-order valence-electron chi connectivity index (χ4n) is 2.15. The zero-order valence-corrected chi connectivity index (χ0v) is 11.3. The Morgan fingerprint density at radius 3 is 2.61 bits per heavy atom. The van der Waals surface area contributed by atoms with E-state index in [4.69, 9.17) is 5.73 Å². The lowest BCUT2D eigenvalue weighted by atomic mass is 10.1. The molecule has 1 rings (SSSR count). The van der Waals surface area contributed by atoms with Crippen molar-refractivity contribution in [2.75, 3.05) is 26.2 Å². The Morgan fingerprint density at radius 2 is 2.00 bits per heavy atom. The Labute approximate surface area is 109 Å². The molecule has 1 aliphatic heterocycles. The van der Waals surface area contributed by atoms with Crippen LogP contribution in [0.4, 0.5) is 0 Å². The highest BCUT2D eigenvalue weighted by Crippen LogP contribution is 2.08. The van der Waals surface area contributed by atoms with Crippen LogP contribution in [-0.4, -0.2) is 42.9 Å². The predicted molar refractivity (Wildman–Crippen MR) is 70.9 cm³/mol. The summed E-state index contributed by atoms with van der Waals surface area (Å²) in [7, 11) is 0. The quantitative estimate of drug-likeness (QED) is 0.695. The fraction of sp³-hybridized carbons (Fsp3) is 0.846. The van der Waals surface area contributed by atoms with Crippen molar-refractivity contribution in [3.8, 4) is 0 Å². The van der Waals surface area contributed by atoms with Crippen molar-refractivity contribution < 1.29 is 9.59 Å². The second-order valence-corrected chi connectivity index (χ2v) is 4.96. The highest BCUT2D eigenvalue weighted by molar-refractivity contribution is 5.80. The molecule has 0 aromatic carbocycles. The van der Waals surface area contributed by atoms with Gasteiger partial charge in [-0.1, -0.05) is 6.92 Å². The van der Waals surface area contributed by atoms with Gasteiger partial charge in [-0.05, 0) is 32.2 Å². The lowest BCUT2D eigenvalue weighted by Gasteiger charge is -2.16. The second-order valence-electron chi connectivity index (χ2n) is 4.96. The summed E-state index contributed by atoms with van der Waals surface area (Å²) >= 11 is 0. The minimum Gasteiger partial charge on any atom is -0.355 e. The van der Waals surface area contributed by atoms with Gasteiger partial charge < -0.3 is 16.0 Å². The molecule has 0 bridgehead atoms. The summed E-state index contributed by atoms with van der Waals surface area (Å²) < 4.78 is 0. The zero-order valence-electron chi connectivity index (χ0n) is 11.3. The van der Waals surface area contributed by atoms with Crippen molar-refractivity contribution in [2.24, 2.45) is 11.7 Å². The van der Waals surface area contributed by atoms with Crippen molar-refractivity contribution in [2.45, 2.75) is 39.0 Å². The summed E-state index contributed by atoms with van der Waals surface area (Å²) in [6.07, 6.45) is 4.29. The lowest BCUT2D eigenvalue weighted by molar-refractivity contribution is -0.130. The van der Waals surface area contributed by atoms with Crippen LogP contribution in [0, 0.1) is 5.92 Å². The summed E-state index contributed by atoms with van der Waals surface area (Å²) in [5.74, 6) is 0.163. The third kappa shape index (κ3) is 5.04. The minimum absolute atomic E-state index is 0.0181. The zero-order chi connectivity index (χ0) is 13.4. The Balaban J connectivity index is 2.12. The molecule has 0 aromatic heterocycles. The van der Waals surface area contributed by atoms with Gasteiger partial charge in [0.2, 0.25) is 11.8 Å². The SMILES string of the molecule is CC(CCCN)C(=O)NCCC(=O)N1CCCC1. The van der Waals surface area contributed by atoms with Gasteiger partial charge in [0, 0.05) is 32.0 Å². The van der Waals surface area contributed by atoms with Crippen LogP contribution < -0.4 is 11.1 Å². The number of hydrogen-bond donors (Lipinski definition) is 2. The van der Waals surface area contributed by atoms with Crippen LogP contribution in [-0.2, 0) is 9.59 Å². The summed E-state index contributed by atoms with van der Waals surface area (Å²) in [6, 6.07) is 0. The van der Waals surface area contributed by atoms with Gasteiger partial charge >= 0.3 is 0 Å². The smallest absolute Gasteiger partial charge is 0.224 e. The Hall–Kier alpha value is -1.10. The van der Waals surface area contributed by atoms with E-state index in [1.165, 1.54) is 0 Å². The van der Waals surface area contributed by atoms with Crippen LogP contribution in [0.15, 0.2) is 0 Å². The van der Waals surface area contributed by atoms with Crippen LogP contribution in [0.5, 0.6) is 0 Å². The van der Waals surface area contributed by atoms with Crippen molar-refractivity contribution >= 4 is 11.8 Å². The number of carbonyl (C=O) groups excluding carboxylic acids is 2. The number of nitrogens with one attached hydrogen (secondary N) is 1. The van der Waals surface area contributed by atoms with E-state index in [2.05, 4.69) is 5.32 Å². The topological polar surface area (TPSA) is 75.4 Å². The Morgan fingerprint density at radius 1 is 1.33 bits per heavy atom. The first-order valence-electron chi connectivity index (χ1n) is 6.90. The third-order valence-corrected chi connectivity index (χ3v) is 3.39. The number of nitrogens with two attached hydrogens (primary N) is 1. The minimum atomic E-state index is -0.0181. The predicted octanol–water partition coefficient (Wildman–Crippen LogP) is 0.490. The molecule has 2 amide bonds. The maximum atomic E-state index is 11.7. The molecule has 1 saturated heterocycles. The number of carbonyl (C=O) groups is 2. The molecule has 18 heavy (non-hydrogen) atoms. The number of likely N-dealkylation sites (tertiary alicyclic amines) is 1. The maximum Gasteiger partial charge on any atom is 0.224 e. The molecule has 1 atom stereocenters. The maximum absolute atomic E-state index is 11.7. The number of rotatable bonds is 7. The van der Waals surface area contributed by atoms with Gasteiger partial charge in [-0.2, -0.15) is 0 Å². The number of amides is 2. The molecule has 1 aliphatic rings. The molecule has 3 N–H and O–H groups in total. The van der Waals surface area contributed by atoms with Gasteiger partial charge in [0.25, 0.3) is 0 Å². The lowest BCUT2D eigenvalue weighted by Crippen LogP contribution is -2.34. The van der Waals surface area contributed by atoms with E-state index in [1.807, 2.05) is 11.8 Å². The van der Waals surface area contributed by atoms with Crippen molar-refractivity contribution in [3.63, 3.8) is 0 Å². The molecule has 1 unspecified atom stereocenters. The molecule has 5 heteroatoms. The van der Waals surface area contributed by atoms with E-state index in [0.717, 1.165) is 38.8 Å². The van der Waals surface area contributed by atoms with Gasteiger partial charge in [-0.3, -0.25) is 9.59 Å². The molecule has 0 aliphatic carbocycles. The Kier molecular flexibility index (Phi) is 6.72. The highest BCUT2D eigenvalue weighted by atomic mass is 16.2. The van der Waals surface area contributed by atoms with Crippen LogP contribution >= 0.6 is 0 Å². The molecule has 0 aromatic rings. The van der Waals surface area contributed by atoms with Crippen molar-refractivity contribution in [1.82, 2.24) is 10.2 Å². The van der Waals surface area contributed by atoms with Gasteiger partial charge in [-0.25, -0.2) is 0 Å². The molecular weight excluding hydrogens is 230 g/mol. The summed E-state index contributed by atoms with van der Waals surface area (Å²) in [4.78, 5) is 25.3. The molecular formula is C13H25N3O2. The van der Waals surface area contributed by atoms with Gasteiger partial charge in [0.1, 0.15) is 0 Å². The molecule has 1 fully saturated rings. The molecule has 0 saturated carbocycles. The average Bonchev–Trinajstić information content (AvgIpc) is 2.89. The molecule has 0 radical (unpaired) electrons. The first-order chi connectivity index (χ1) is 8.65. The number of hydrogen-bond acceptors (Lipinski definition) is 3. The first kappa shape index (κ1) is 15.0. The largest absolute Gasteiger partial charge is 0.355 e. The van der Waals surface area contributed by atoms with Crippen molar-refractivity contribution in [1.29, 1.82) is 0 Å². The molecule has 104 valence electrons. The van der Waals surface area contributed by atoms with E-state index >= 15 is 0 Å². The van der Waals surface area contributed by atoms with Crippen molar-refractivity contribution in [3.05, 3.63) is 0 Å². The third-order valence-electron chi connectivity index (χ3n) is 3.39. The standard InChI is InChI=1S/C13H25N3O2/c1-11(5-4-7-14)13(18)15-8-6-12(17)16-9-2-3-10-16/h11H,2-10,14H2,1H3,(H,15,18). The van der Waals surface area contributed by atoms with E-state index in [-0.39, 0.29) is 17.7 Å². The number of nitrogens with zero attached hydrogens (tertiary/aromatic N) is 1. The molecule has 5 nitrogen and oxygen atoms in total. The second kappa shape index (κ2) is 8.08. The van der Waals surface area contributed by atoms with Gasteiger partial charge in [0.05, 0.1) is 0 Å². The van der Waals surface area contributed by atoms with Crippen LogP contribution in [0.25, 0.3) is 0 Å². The average molecular weight is 255 g/mol. The molecule has 0 spiro atoms. The summed E-state index contributed by atoms with van der Waals surface area (Å²) in [6.45, 7) is 4.71. The summed E-state index contributed by atoms with van der Waals surface area (Å²) in [5, 5.41) is 2.82. The van der Waals surface area contributed by atoms with Gasteiger partial charge in [0.15, 0.2) is 0 Å². The van der Waals surface area contributed by atoms with Gasteiger partial charge in [-0.15, -0.1) is 0 Å². The van der Waals surface area contributed by atoms with E-state index < -0.39 is 0 Å². The van der Waals surface area contributed by atoms with E-state index in [9.17, 15) is 9.59 Å². The molecule has 1 heterocycles. The van der Waals surface area contributed by atoms with Crippen LogP contribution in [0.1, 0.15) is 39.0 Å². The van der Waals surface area contributed by atoms with Crippen LogP contribution in [0.3, 0.4) is 0 Å². The normalized spacial score (nSPS) is 16.7. The van der Waals surface area contributed by atoms with Crippen LogP contribution in [0.2, 0.25) is 0 Å². The summed E-state index contributed by atoms with van der Waals surface area (Å²) in [5.41, 5.74) is 5.40. The first-order valence-corrected chi connectivity index (χ1v) is 6.90. The fourth-order valence-corrected chi connectivity index (χ4v) is 2.15. The Bertz CT molecular complexity index is 275. The monoisotopic (exact) mass is 255 g/mol.